The van der Waals surface area contributed by atoms with Crippen LogP contribution >= 0.6 is 0 Å². The van der Waals surface area contributed by atoms with E-state index in [1.165, 1.54) is 12.1 Å². The number of anilines is 1. The average Bonchev–Trinajstić information content (AvgIpc) is 2.50. The first-order valence-electron chi connectivity index (χ1n) is 7.14. The third-order valence-electron chi connectivity index (χ3n) is 2.93. The van der Waals surface area contributed by atoms with Crippen molar-refractivity contribution in [2.24, 2.45) is 0 Å². The zero-order valence-corrected chi connectivity index (χ0v) is 13.7. The molecule has 0 atom stereocenters. The quantitative estimate of drug-likeness (QED) is 0.839. The van der Waals surface area contributed by atoms with Crippen LogP contribution in [-0.4, -0.2) is 21.6 Å². The molecule has 124 valence electrons. The lowest BCUT2D eigenvalue weighted by atomic mass is 10.3. The Morgan fingerprint density at radius 2 is 1.65 bits per heavy atom. The van der Waals surface area contributed by atoms with Gasteiger partial charge in [0.05, 0.1) is 23.8 Å². The normalized spacial score (nSPS) is 11.1. The highest BCUT2D eigenvalue weighted by molar-refractivity contribution is 7.92. The van der Waals surface area contributed by atoms with Crippen LogP contribution in [0.1, 0.15) is 13.8 Å². The molecule has 0 aliphatic heterocycles. The highest BCUT2D eigenvalue weighted by Gasteiger charge is 2.17. The fraction of sp³-hybridized carbons (Fsp3) is 0.250. The van der Waals surface area contributed by atoms with Gasteiger partial charge in [0.25, 0.3) is 10.0 Å². The van der Waals surface area contributed by atoms with Gasteiger partial charge in [0, 0.05) is 6.07 Å². The second-order valence-corrected chi connectivity index (χ2v) is 6.27. The maximum Gasteiger partial charge on any atom is 0.262 e. The van der Waals surface area contributed by atoms with Crippen LogP contribution < -0.4 is 14.2 Å². The molecule has 0 amide bonds. The smallest absolute Gasteiger partial charge is 0.262 e. The summed E-state index contributed by atoms with van der Waals surface area (Å²) < 4.78 is 51.0. The number of hydrogen-bond acceptors (Lipinski definition) is 4. The monoisotopic (exact) mass is 339 g/mol. The zero-order chi connectivity index (χ0) is 16.9. The Balaban J connectivity index is 2.36. The van der Waals surface area contributed by atoms with Gasteiger partial charge in [0.1, 0.15) is 17.3 Å². The fourth-order valence-electron chi connectivity index (χ4n) is 1.94. The molecule has 0 aliphatic rings. The van der Waals surface area contributed by atoms with E-state index in [4.69, 9.17) is 9.47 Å². The molecule has 0 heterocycles. The largest absolute Gasteiger partial charge is 0.494 e. The topological polar surface area (TPSA) is 64.6 Å². The number of nitrogens with one attached hydrogen (secondary N) is 1. The minimum Gasteiger partial charge on any atom is -0.494 e. The van der Waals surface area contributed by atoms with E-state index in [0.717, 1.165) is 12.1 Å². The van der Waals surface area contributed by atoms with Crippen molar-refractivity contribution in [1.29, 1.82) is 0 Å². The summed E-state index contributed by atoms with van der Waals surface area (Å²) in [5.41, 5.74) is 0.266. The molecule has 0 bridgehead atoms. The van der Waals surface area contributed by atoms with Crippen molar-refractivity contribution < 1.29 is 22.3 Å². The van der Waals surface area contributed by atoms with Crippen LogP contribution in [0.25, 0.3) is 0 Å². The van der Waals surface area contributed by atoms with Crippen LogP contribution in [0.5, 0.6) is 11.5 Å². The van der Waals surface area contributed by atoms with Crippen molar-refractivity contribution in [3.63, 3.8) is 0 Å². The van der Waals surface area contributed by atoms with Crippen molar-refractivity contribution in [1.82, 2.24) is 0 Å². The van der Waals surface area contributed by atoms with Gasteiger partial charge in [-0.1, -0.05) is 0 Å². The van der Waals surface area contributed by atoms with Crippen LogP contribution in [0.4, 0.5) is 10.1 Å². The summed E-state index contributed by atoms with van der Waals surface area (Å²) in [6, 6.07) is 9.47. The number of sulfonamides is 1. The molecule has 0 fully saturated rings. The summed E-state index contributed by atoms with van der Waals surface area (Å²) in [5, 5.41) is 0. The highest BCUT2D eigenvalue weighted by Crippen LogP contribution is 2.31. The van der Waals surface area contributed by atoms with E-state index in [9.17, 15) is 12.8 Å². The van der Waals surface area contributed by atoms with Gasteiger partial charge in [0.15, 0.2) is 0 Å². The molecule has 0 saturated heterocycles. The van der Waals surface area contributed by atoms with E-state index in [1.54, 1.807) is 25.1 Å². The Morgan fingerprint density at radius 1 is 1.00 bits per heavy atom. The van der Waals surface area contributed by atoms with Gasteiger partial charge < -0.3 is 9.47 Å². The van der Waals surface area contributed by atoms with Crippen LogP contribution in [-0.2, 0) is 10.0 Å². The van der Waals surface area contributed by atoms with Crippen molar-refractivity contribution in [3.8, 4) is 11.5 Å². The molecule has 2 aromatic carbocycles. The molecule has 1 N–H and O–H groups in total. The van der Waals surface area contributed by atoms with Gasteiger partial charge in [-0.05, 0) is 50.2 Å². The van der Waals surface area contributed by atoms with Gasteiger partial charge in [-0.15, -0.1) is 0 Å². The Morgan fingerprint density at radius 3 is 2.26 bits per heavy atom. The molecule has 0 aromatic heterocycles. The third kappa shape index (κ3) is 4.35. The summed E-state index contributed by atoms with van der Waals surface area (Å²) in [5.74, 6) is 0.409. The van der Waals surface area contributed by atoms with Crippen LogP contribution in [0, 0.1) is 5.82 Å². The summed E-state index contributed by atoms with van der Waals surface area (Å²) in [6.45, 7) is 4.48. The molecule has 0 aliphatic carbocycles. The van der Waals surface area contributed by atoms with Crippen molar-refractivity contribution >= 4 is 15.7 Å². The first kappa shape index (κ1) is 17.1. The van der Waals surface area contributed by atoms with Crippen LogP contribution in [0.3, 0.4) is 0 Å². The molecular formula is C16H18FNO4S. The minimum atomic E-state index is -3.85. The summed E-state index contributed by atoms with van der Waals surface area (Å²) in [6.07, 6.45) is 0. The Labute approximate surface area is 135 Å². The Bertz CT molecular complexity index is 760. The summed E-state index contributed by atoms with van der Waals surface area (Å²) in [7, 11) is -3.85. The lowest BCUT2D eigenvalue weighted by molar-refractivity contribution is 0.332. The van der Waals surface area contributed by atoms with Gasteiger partial charge in [-0.3, -0.25) is 4.72 Å². The molecule has 2 aromatic rings. The number of rotatable bonds is 7. The molecule has 0 radical (unpaired) electrons. The maximum absolute atomic E-state index is 13.0. The molecule has 0 spiro atoms. The van der Waals surface area contributed by atoms with E-state index >= 15 is 0 Å². The third-order valence-corrected chi connectivity index (χ3v) is 4.31. The minimum absolute atomic E-state index is 0.0387. The molecule has 5 nitrogen and oxygen atoms in total. The second kappa shape index (κ2) is 7.32. The van der Waals surface area contributed by atoms with Crippen molar-refractivity contribution in [3.05, 3.63) is 48.3 Å². The van der Waals surface area contributed by atoms with Crippen molar-refractivity contribution in [2.75, 3.05) is 17.9 Å². The van der Waals surface area contributed by atoms with Gasteiger partial charge in [-0.25, -0.2) is 12.8 Å². The molecule has 0 saturated carbocycles. The van der Waals surface area contributed by atoms with Gasteiger partial charge in [0.2, 0.25) is 0 Å². The predicted molar refractivity (Wildman–Crippen MR) is 86.0 cm³/mol. The lowest BCUT2D eigenvalue weighted by Crippen LogP contribution is -2.14. The van der Waals surface area contributed by atoms with E-state index in [2.05, 4.69) is 4.72 Å². The molecule has 7 heteroatoms. The molecule has 23 heavy (non-hydrogen) atoms. The maximum atomic E-state index is 13.0. The molecule has 2 rings (SSSR count). The second-order valence-electron chi connectivity index (χ2n) is 4.58. The standard InChI is InChI=1S/C16H18FNO4S/c1-3-21-13-7-10-16(22-4-2)15(11-13)18-23(19,20)14-8-5-12(17)6-9-14/h5-11,18H,3-4H2,1-2H3. The lowest BCUT2D eigenvalue weighted by Gasteiger charge is -2.14. The van der Waals surface area contributed by atoms with Crippen molar-refractivity contribution in [2.45, 2.75) is 18.7 Å². The van der Waals surface area contributed by atoms with E-state index in [1.807, 2.05) is 6.92 Å². The number of hydrogen-bond donors (Lipinski definition) is 1. The summed E-state index contributed by atoms with van der Waals surface area (Å²) in [4.78, 5) is -0.0387. The average molecular weight is 339 g/mol. The van der Waals surface area contributed by atoms with Crippen LogP contribution in [0.15, 0.2) is 47.4 Å². The highest BCUT2D eigenvalue weighted by atomic mass is 32.2. The van der Waals surface area contributed by atoms with E-state index < -0.39 is 15.8 Å². The Kier molecular flexibility index (Phi) is 5.44. The SMILES string of the molecule is CCOc1ccc(OCC)c(NS(=O)(=O)c2ccc(F)cc2)c1. The number of benzene rings is 2. The van der Waals surface area contributed by atoms with E-state index in [0.29, 0.717) is 24.7 Å². The van der Waals surface area contributed by atoms with E-state index in [-0.39, 0.29) is 10.6 Å². The van der Waals surface area contributed by atoms with Gasteiger partial charge in [-0.2, -0.15) is 0 Å². The number of ether oxygens (including phenoxy) is 2. The summed E-state index contributed by atoms with van der Waals surface area (Å²) >= 11 is 0. The zero-order valence-electron chi connectivity index (χ0n) is 12.9. The Hall–Kier alpha value is -2.28. The molecule has 0 unspecified atom stereocenters. The van der Waals surface area contributed by atoms with Gasteiger partial charge >= 0.3 is 0 Å². The fourth-order valence-corrected chi connectivity index (χ4v) is 3.01. The van der Waals surface area contributed by atoms with Crippen LogP contribution in [0.2, 0.25) is 0 Å². The number of halogens is 1. The first-order chi connectivity index (χ1) is 11.0. The predicted octanol–water partition coefficient (Wildman–Crippen LogP) is 3.42. The molecular weight excluding hydrogens is 321 g/mol. The first-order valence-corrected chi connectivity index (χ1v) is 8.62.